The van der Waals surface area contributed by atoms with Crippen molar-refractivity contribution in [2.75, 3.05) is 0 Å². The Morgan fingerprint density at radius 3 is 1.67 bits per heavy atom. The summed E-state index contributed by atoms with van der Waals surface area (Å²) in [5.74, 6) is -8.60. The van der Waals surface area contributed by atoms with Crippen LogP contribution in [0.2, 0.25) is 0 Å². The lowest BCUT2D eigenvalue weighted by Gasteiger charge is -2.05. The Morgan fingerprint density at radius 2 is 1.33 bits per heavy atom. The minimum Gasteiger partial charge on any atom is -0.204 e. The van der Waals surface area contributed by atoms with E-state index in [1.54, 1.807) is 0 Å². The normalized spacial score (nSPS) is 9.80. The molecule has 0 amide bonds. The van der Waals surface area contributed by atoms with Crippen LogP contribution in [0.3, 0.4) is 0 Å². The van der Waals surface area contributed by atoms with Crippen LogP contribution in [-0.2, 0) is 0 Å². The van der Waals surface area contributed by atoms with Crippen LogP contribution in [0, 0.1) is 45.9 Å². The van der Waals surface area contributed by atoms with Crippen LogP contribution in [0.4, 0.5) is 17.6 Å². The summed E-state index contributed by atoms with van der Waals surface area (Å²) in [4.78, 5) is 0. The predicted octanol–water partition coefficient (Wildman–Crippen LogP) is 2.37. The molecule has 0 saturated carbocycles. The Bertz CT molecular complexity index is 444. The first-order valence-electron chi connectivity index (χ1n) is 3.65. The molecule has 1 rings (SSSR count). The van der Waals surface area contributed by atoms with Gasteiger partial charge in [0.2, 0.25) is 0 Å². The van der Waals surface area contributed by atoms with Crippen molar-refractivity contribution in [2.45, 2.75) is 5.92 Å². The number of hydrogen-bond donors (Lipinski definition) is 0. The fourth-order valence-electron chi connectivity index (χ4n) is 1.00. The second-order valence-electron chi connectivity index (χ2n) is 2.57. The van der Waals surface area contributed by atoms with E-state index in [1.165, 1.54) is 12.1 Å². The third-order valence-electron chi connectivity index (χ3n) is 1.69. The zero-order chi connectivity index (χ0) is 11.6. The van der Waals surface area contributed by atoms with Crippen LogP contribution < -0.4 is 0 Å². The Hall–Kier alpha value is -2.08. The lowest BCUT2D eigenvalue weighted by molar-refractivity contribution is 0.439. The SMILES string of the molecule is N#CC(C#N)c1c(F)c(F)cc(F)c1F. The maximum atomic E-state index is 13.0. The first kappa shape index (κ1) is 11.0. The highest BCUT2D eigenvalue weighted by Crippen LogP contribution is 2.25. The van der Waals surface area contributed by atoms with E-state index in [0.717, 1.165) is 0 Å². The second-order valence-corrected chi connectivity index (χ2v) is 2.57. The third kappa shape index (κ3) is 1.75. The first-order valence-corrected chi connectivity index (χ1v) is 3.65. The Labute approximate surface area is 82.0 Å². The highest BCUT2D eigenvalue weighted by Gasteiger charge is 2.25. The summed E-state index contributed by atoms with van der Waals surface area (Å²) in [7, 11) is 0. The summed E-state index contributed by atoms with van der Waals surface area (Å²) in [6.07, 6.45) is 0. The van der Waals surface area contributed by atoms with E-state index >= 15 is 0 Å². The average Bonchev–Trinajstić information content (AvgIpc) is 2.21. The topological polar surface area (TPSA) is 47.6 Å². The van der Waals surface area contributed by atoms with E-state index in [4.69, 9.17) is 10.5 Å². The Kier molecular flexibility index (Phi) is 2.91. The molecular weight excluding hydrogens is 212 g/mol. The minimum absolute atomic E-state index is 0.0139. The van der Waals surface area contributed by atoms with E-state index in [2.05, 4.69) is 0 Å². The summed E-state index contributed by atoms with van der Waals surface area (Å²) in [6.45, 7) is 0. The zero-order valence-electron chi connectivity index (χ0n) is 7.06. The molecule has 0 aliphatic heterocycles. The Morgan fingerprint density at radius 1 is 0.933 bits per heavy atom. The van der Waals surface area contributed by atoms with Crippen molar-refractivity contribution >= 4 is 0 Å². The molecule has 2 nitrogen and oxygen atoms in total. The number of nitrogens with zero attached hydrogens (tertiary/aromatic N) is 2. The fourth-order valence-corrected chi connectivity index (χ4v) is 1.00. The highest BCUT2D eigenvalue weighted by molar-refractivity contribution is 5.34. The molecule has 0 unspecified atom stereocenters. The summed E-state index contributed by atoms with van der Waals surface area (Å²) < 4.78 is 51.3. The summed E-state index contributed by atoms with van der Waals surface area (Å²) >= 11 is 0. The standard InChI is InChI=1S/C9H2F4N2/c10-5-1-6(11)9(13)7(8(5)12)4(2-14)3-15/h1,4H. The van der Waals surface area contributed by atoms with E-state index in [1.807, 2.05) is 0 Å². The molecule has 0 aromatic heterocycles. The van der Waals surface area contributed by atoms with Gasteiger partial charge in [-0.15, -0.1) is 0 Å². The van der Waals surface area contributed by atoms with Gasteiger partial charge < -0.3 is 0 Å². The van der Waals surface area contributed by atoms with Crippen LogP contribution in [0.25, 0.3) is 0 Å². The molecule has 0 radical (unpaired) electrons. The average molecular weight is 214 g/mol. The van der Waals surface area contributed by atoms with Crippen LogP contribution in [0.1, 0.15) is 11.5 Å². The summed E-state index contributed by atoms with van der Waals surface area (Å²) in [5.41, 5.74) is -1.20. The van der Waals surface area contributed by atoms with Gasteiger partial charge in [0, 0.05) is 6.07 Å². The van der Waals surface area contributed by atoms with Crippen molar-refractivity contribution in [3.05, 3.63) is 34.9 Å². The minimum atomic E-state index is -1.88. The van der Waals surface area contributed by atoms with Gasteiger partial charge in [0.1, 0.15) is 0 Å². The number of halogens is 4. The monoisotopic (exact) mass is 214 g/mol. The van der Waals surface area contributed by atoms with E-state index in [-0.39, 0.29) is 6.07 Å². The van der Waals surface area contributed by atoms with E-state index in [9.17, 15) is 17.6 Å². The Balaban J connectivity index is 3.55. The molecule has 1 aromatic carbocycles. The fraction of sp³-hybridized carbons (Fsp3) is 0.111. The molecule has 15 heavy (non-hydrogen) atoms. The van der Waals surface area contributed by atoms with Crippen LogP contribution in [0.15, 0.2) is 6.07 Å². The van der Waals surface area contributed by atoms with Crippen molar-refractivity contribution < 1.29 is 17.6 Å². The molecule has 0 aliphatic carbocycles. The van der Waals surface area contributed by atoms with Gasteiger partial charge in [-0.1, -0.05) is 0 Å². The van der Waals surface area contributed by atoms with Crippen molar-refractivity contribution in [3.8, 4) is 12.1 Å². The van der Waals surface area contributed by atoms with Gasteiger partial charge in [-0.3, -0.25) is 0 Å². The van der Waals surface area contributed by atoms with Gasteiger partial charge in [-0.25, -0.2) is 17.6 Å². The molecule has 0 N–H and O–H groups in total. The highest BCUT2D eigenvalue weighted by atomic mass is 19.2. The number of rotatable bonds is 1. The van der Waals surface area contributed by atoms with Crippen LogP contribution in [-0.4, -0.2) is 0 Å². The first-order chi connectivity index (χ1) is 7.02. The largest absolute Gasteiger partial charge is 0.204 e. The lowest BCUT2D eigenvalue weighted by Crippen LogP contribution is -2.06. The molecule has 76 valence electrons. The second kappa shape index (κ2) is 3.97. The molecule has 1 aromatic rings. The third-order valence-corrected chi connectivity index (χ3v) is 1.69. The number of hydrogen-bond acceptors (Lipinski definition) is 2. The molecule has 6 heteroatoms. The zero-order valence-corrected chi connectivity index (χ0v) is 7.06. The quantitative estimate of drug-likeness (QED) is 0.532. The van der Waals surface area contributed by atoms with E-state index < -0.39 is 34.8 Å². The van der Waals surface area contributed by atoms with Gasteiger partial charge in [0.15, 0.2) is 29.2 Å². The maximum absolute atomic E-state index is 13.0. The molecular formula is C9H2F4N2. The molecule has 0 fully saturated rings. The molecule has 0 bridgehead atoms. The van der Waals surface area contributed by atoms with Crippen molar-refractivity contribution in [1.29, 1.82) is 10.5 Å². The molecule has 0 saturated heterocycles. The van der Waals surface area contributed by atoms with Crippen LogP contribution >= 0.6 is 0 Å². The van der Waals surface area contributed by atoms with Gasteiger partial charge >= 0.3 is 0 Å². The smallest absolute Gasteiger partial charge is 0.167 e. The van der Waals surface area contributed by atoms with Gasteiger partial charge in [-0.05, 0) is 0 Å². The van der Waals surface area contributed by atoms with Crippen molar-refractivity contribution in [1.82, 2.24) is 0 Å². The van der Waals surface area contributed by atoms with Gasteiger partial charge in [0.25, 0.3) is 0 Å². The summed E-state index contributed by atoms with van der Waals surface area (Å²) in [5, 5.41) is 16.7. The molecule has 0 atom stereocenters. The molecule has 0 spiro atoms. The predicted molar refractivity (Wildman–Crippen MR) is 40.2 cm³/mol. The van der Waals surface area contributed by atoms with Crippen molar-refractivity contribution in [2.24, 2.45) is 0 Å². The number of nitriles is 2. The van der Waals surface area contributed by atoms with Crippen LogP contribution in [0.5, 0.6) is 0 Å². The molecule has 0 heterocycles. The van der Waals surface area contributed by atoms with Gasteiger partial charge in [0.05, 0.1) is 17.7 Å². The summed E-state index contributed by atoms with van der Waals surface area (Å²) in [6, 6.07) is 2.47. The number of benzene rings is 1. The molecule has 0 aliphatic rings. The van der Waals surface area contributed by atoms with E-state index in [0.29, 0.717) is 0 Å². The maximum Gasteiger partial charge on any atom is 0.167 e. The van der Waals surface area contributed by atoms with Gasteiger partial charge in [-0.2, -0.15) is 10.5 Å². The van der Waals surface area contributed by atoms with Crippen molar-refractivity contribution in [3.63, 3.8) is 0 Å². The lowest BCUT2D eigenvalue weighted by atomic mass is 10.0.